The van der Waals surface area contributed by atoms with E-state index in [0.29, 0.717) is 12.0 Å². The fourth-order valence-electron chi connectivity index (χ4n) is 2.55. The Morgan fingerprint density at radius 1 is 1.44 bits per heavy atom. The Morgan fingerprint density at radius 2 is 2.33 bits per heavy atom. The molecule has 0 radical (unpaired) electrons. The van der Waals surface area contributed by atoms with Crippen molar-refractivity contribution >= 4 is 0 Å². The molecule has 1 N–H and O–H groups in total. The van der Waals surface area contributed by atoms with E-state index in [-0.39, 0.29) is 0 Å². The zero-order chi connectivity index (χ0) is 12.8. The summed E-state index contributed by atoms with van der Waals surface area (Å²) < 4.78 is 5.50. The van der Waals surface area contributed by atoms with Gasteiger partial charge in [0.05, 0.1) is 6.61 Å². The van der Waals surface area contributed by atoms with E-state index in [1.54, 1.807) is 0 Å². The summed E-state index contributed by atoms with van der Waals surface area (Å²) in [5.74, 6) is 0.637. The molecule has 1 aliphatic heterocycles. The fraction of sp³-hybridized carbons (Fsp3) is 0.667. The Hall–Kier alpha value is -0.930. The summed E-state index contributed by atoms with van der Waals surface area (Å²) in [6.07, 6.45) is 5.24. The number of rotatable bonds is 6. The molecule has 2 atom stereocenters. The minimum atomic E-state index is 0.498. The third kappa shape index (κ3) is 3.53. The number of pyridine rings is 1. The first kappa shape index (κ1) is 13.5. The summed E-state index contributed by atoms with van der Waals surface area (Å²) in [5.41, 5.74) is 2.49. The maximum atomic E-state index is 5.50. The summed E-state index contributed by atoms with van der Waals surface area (Å²) in [5, 5.41) is 3.58. The molecule has 2 unspecified atom stereocenters. The number of hydrogen-bond acceptors (Lipinski definition) is 3. The molecular weight excluding hydrogens is 224 g/mol. The van der Waals surface area contributed by atoms with Crippen molar-refractivity contribution in [1.82, 2.24) is 10.3 Å². The van der Waals surface area contributed by atoms with Crippen LogP contribution in [-0.4, -0.2) is 30.8 Å². The minimum Gasteiger partial charge on any atom is -0.381 e. The molecule has 0 bridgehead atoms. The standard InChI is InChI=1S/C15H24N2O/c1-3-12-5-6-14(17-10-12)9-15(16-4-2)13-7-8-18-11-13/h5-6,10,13,15-16H,3-4,7-9,11H2,1-2H3. The summed E-state index contributed by atoms with van der Waals surface area (Å²) >= 11 is 0. The lowest BCUT2D eigenvalue weighted by molar-refractivity contribution is 0.176. The number of aromatic nitrogens is 1. The van der Waals surface area contributed by atoms with Crippen molar-refractivity contribution in [3.05, 3.63) is 29.6 Å². The molecule has 0 amide bonds. The first-order valence-electron chi connectivity index (χ1n) is 7.08. The highest BCUT2D eigenvalue weighted by atomic mass is 16.5. The van der Waals surface area contributed by atoms with E-state index < -0.39 is 0 Å². The summed E-state index contributed by atoms with van der Waals surface area (Å²) in [6, 6.07) is 4.85. The molecule has 0 aliphatic carbocycles. The van der Waals surface area contributed by atoms with Gasteiger partial charge in [-0.2, -0.15) is 0 Å². The van der Waals surface area contributed by atoms with Crippen LogP contribution in [0.1, 0.15) is 31.5 Å². The predicted octanol–water partition coefficient (Wildman–Crippen LogP) is 2.20. The summed E-state index contributed by atoms with van der Waals surface area (Å²) in [4.78, 5) is 4.56. The van der Waals surface area contributed by atoms with Crippen molar-refractivity contribution in [1.29, 1.82) is 0 Å². The van der Waals surface area contributed by atoms with E-state index in [4.69, 9.17) is 4.74 Å². The molecule has 1 aromatic rings. The zero-order valence-corrected chi connectivity index (χ0v) is 11.5. The number of aryl methyl sites for hydroxylation is 1. The molecule has 2 rings (SSSR count). The largest absolute Gasteiger partial charge is 0.381 e. The van der Waals surface area contributed by atoms with Gasteiger partial charge in [-0.1, -0.05) is 19.9 Å². The van der Waals surface area contributed by atoms with Crippen LogP contribution in [0.15, 0.2) is 18.3 Å². The molecule has 2 heterocycles. The van der Waals surface area contributed by atoms with Crippen molar-refractivity contribution < 1.29 is 4.74 Å². The van der Waals surface area contributed by atoms with Gasteiger partial charge in [-0.25, -0.2) is 0 Å². The Labute approximate surface area is 110 Å². The van der Waals surface area contributed by atoms with Crippen molar-refractivity contribution in [2.24, 2.45) is 5.92 Å². The van der Waals surface area contributed by atoms with E-state index in [2.05, 4.69) is 36.3 Å². The number of ether oxygens (including phenoxy) is 1. The number of nitrogens with one attached hydrogen (secondary N) is 1. The van der Waals surface area contributed by atoms with E-state index in [1.807, 2.05) is 6.20 Å². The van der Waals surface area contributed by atoms with Crippen molar-refractivity contribution in [2.75, 3.05) is 19.8 Å². The van der Waals surface area contributed by atoms with E-state index >= 15 is 0 Å². The molecular formula is C15H24N2O. The zero-order valence-electron chi connectivity index (χ0n) is 11.5. The van der Waals surface area contributed by atoms with Gasteiger partial charge in [0.15, 0.2) is 0 Å². The smallest absolute Gasteiger partial charge is 0.0510 e. The average molecular weight is 248 g/mol. The van der Waals surface area contributed by atoms with E-state index in [0.717, 1.165) is 32.6 Å². The molecule has 0 aromatic carbocycles. The van der Waals surface area contributed by atoms with Crippen LogP contribution in [0.5, 0.6) is 0 Å². The lowest BCUT2D eigenvalue weighted by atomic mass is 9.94. The third-order valence-corrected chi connectivity index (χ3v) is 3.72. The maximum Gasteiger partial charge on any atom is 0.0510 e. The second-order valence-electron chi connectivity index (χ2n) is 5.00. The number of hydrogen-bond donors (Lipinski definition) is 1. The molecule has 1 aliphatic rings. The van der Waals surface area contributed by atoms with Crippen molar-refractivity contribution in [2.45, 2.75) is 39.2 Å². The van der Waals surface area contributed by atoms with Gasteiger partial charge >= 0.3 is 0 Å². The average Bonchev–Trinajstić information content (AvgIpc) is 2.93. The van der Waals surface area contributed by atoms with Crippen LogP contribution in [0, 0.1) is 5.92 Å². The molecule has 1 fully saturated rings. The molecule has 0 spiro atoms. The molecule has 1 saturated heterocycles. The van der Waals surface area contributed by atoms with Gasteiger partial charge in [-0.05, 0) is 31.0 Å². The second-order valence-corrected chi connectivity index (χ2v) is 5.00. The Morgan fingerprint density at radius 3 is 2.89 bits per heavy atom. The van der Waals surface area contributed by atoms with Crippen LogP contribution in [0.2, 0.25) is 0 Å². The van der Waals surface area contributed by atoms with Crippen LogP contribution in [0.4, 0.5) is 0 Å². The molecule has 18 heavy (non-hydrogen) atoms. The normalized spacial score (nSPS) is 21.1. The molecule has 1 aromatic heterocycles. The lowest BCUT2D eigenvalue weighted by Gasteiger charge is -2.23. The molecule has 0 saturated carbocycles. The molecule has 3 nitrogen and oxygen atoms in total. The van der Waals surface area contributed by atoms with Gasteiger partial charge in [-0.3, -0.25) is 4.98 Å². The van der Waals surface area contributed by atoms with Gasteiger partial charge in [0, 0.05) is 36.9 Å². The van der Waals surface area contributed by atoms with Crippen molar-refractivity contribution in [3.63, 3.8) is 0 Å². The number of nitrogens with zero attached hydrogens (tertiary/aromatic N) is 1. The first-order valence-corrected chi connectivity index (χ1v) is 7.08. The van der Waals surface area contributed by atoms with Gasteiger partial charge in [0.1, 0.15) is 0 Å². The van der Waals surface area contributed by atoms with Gasteiger partial charge in [-0.15, -0.1) is 0 Å². The highest BCUT2D eigenvalue weighted by Gasteiger charge is 2.25. The summed E-state index contributed by atoms with van der Waals surface area (Å²) in [7, 11) is 0. The van der Waals surface area contributed by atoms with Gasteiger partial charge < -0.3 is 10.1 Å². The predicted molar refractivity (Wildman–Crippen MR) is 73.7 cm³/mol. The van der Waals surface area contributed by atoms with Gasteiger partial charge in [0.2, 0.25) is 0 Å². The fourth-order valence-corrected chi connectivity index (χ4v) is 2.55. The Balaban J connectivity index is 1.98. The Bertz CT molecular complexity index is 344. The van der Waals surface area contributed by atoms with Crippen LogP contribution < -0.4 is 5.32 Å². The third-order valence-electron chi connectivity index (χ3n) is 3.72. The molecule has 3 heteroatoms. The minimum absolute atomic E-state index is 0.498. The topological polar surface area (TPSA) is 34.2 Å². The Kier molecular flexibility index (Phi) is 5.14. The monoisotopic (exact) mass is 248 g/mol. The van der Waals surface area contributed by atoms with Crippen LogP contribution in [0.25, 0.3) is 0 Å². The van der Waals surface area contributed by atoms with Crippen molar-refractivity contribution in [3.8, 4) is 0 Å². The number of likely N-dealkylation sites (N-methyl/N-ethyl adjacent to an activating group) is 1. The molecule has 100 valence electrons. The lowest BCUT2D eigenvalue weighted by Crippen LogP contribution is -2.38. The first-order chi connectivity index (χ1) is 8.83. The second kappa shape index (κ2) is 6.86. The van der Waals surface area contributed by atoms with Crippen LogP contribution in [-0.2, 0) is 17.6 Å². The van der Waals surface area contributed by atoms with E-state index in [9.17, 15) is 0 Å². The van der Waals surface area contributed by atoms with E-state index in [1.165, 1.54) is 17.7 Å². The summed E-state index contributed by atoms with van der Waals surface area (Å²) in [6.45, 7) is 7.14. The highest BCUT2D eigenvalue weighted by Crippen LogP contribution is 2.19. The quantitative estimate of drug-likeness (QED) is 0.838. The maximum absolute atomic E-state index is 5.50. The van der Waals surface area contributed by atoms with Crippen LogP contribution >= 0.6 is 0 Å². The highest BCUT2D eigenvalue weighted by molar-refractivity contribution is 5.15. The van der Waals surface area contributed by atoms with Gasteiger partial charge in [0.25, 0.3) is 0 Å². The SMILES string of the molecule is CCNC(Cc1ccc(CC)cn1)C1CCOC1. The van der Waals surface area contributed by atoms with Crippen LogP contribution in [0.3, 0.4) is 0 Å².